The van der Waals surface area contributed by atoms with Gasteiger partial charge in [-0.25, -0.2) is 4.79 Å². The Labute approximate surface area is 232 Å². The summed E-state index contributed by atoms with van der Waals surface area (Å²) in [5, 5.41) is 35.6. The Kier molecular flexibility index (Phi) is 12.1. The van der Waals surface area contributed by atoms with E-state index < -0.39 is 60.2 Å². The lowest BCUT2D eigenvalue weighted by Gasteiger charge is -2.25. The largest absolute Gasteiger partial charge is 0.508 e. The Morgan fingerprint density at radius 3 is 1.77 bits per heavy atom. The molecule has 0 heterocycles. The molecule has 216 valence electrons. The van der Waals surface area contributed by atoms with E-state index in [1.807, 2.05) is 13.8 Å². The van der Waals surface area contributed by atoms with Gasteiger partial charge in [-0.15, -0.1) is 0 Å². The number of hydrogen-bond donors (Lipinski definition) is 7. The monoisotopic (exact) mass is 556 g/mol. The van der Waals surface area contributed by atoms with Gasteiger partial charge >= 0.3 is 11.9 Å². The van der Waals surface area contributed by atoms with Crippen molar-refractivity contribution in [1.29, 1.82) is 0 Å². The quantitative estimate of drug-likeness (QED) is 0.163. The summed E-state index contributed by atoms with van der Waals surface area (Å²) < 4.78 is 0. The van der Waals surface area contributed by atoms with Crippen molar-refractivity contribution >= 4 is 29.7 Å². The SMILES string of the molecule is CC(C)CC(N)C(=O)NC(Cc1ccccc1)C(=O)NC(CC(=O)O)C(=O)NC(Cc1ccc(O)cc1)C(=O)O. The highest BCUT2D eigenvalue weighted by atomic mass is 16.4. The van der Waals surface area contributed by atoms with Gasteiger partial charge < -0.3 is 37.0 Å². The van der Waals surface area contributed by atoms with Gasteiger partial charge in [-0.3, -0.25) is 19.2 Å². The summed E-state index contributed by atoms with van der Waals surface area (Å²) in [5.74, 6) is -5.13. The van der Waals surface area contributed by atoms with Crippen molar-refractivity contribution in [2.75, 3.05) is 0 Å². The van der Waals surface area contributed by atoms with Crippen LogP contribution in [-0.2, 0) is 36.8 Å². The highest BCUT2D eigenvalue weighted by molar-refractivity contribution is 5.95. The lowest BCUT2D eigenvalue weighted by Crippen LogP contribution is -2.58. The molecule has 0 aromatic heterocycles. The first-order valence-corrected chi connectivity index (χ1v) is 12.8. The van der Waals surface area contributed by atoms with Crippen LogP contribution in [0.4, 0.5) is 0 Å². The number of benzene rings is 2. The molecule has 0 aliphatic carbocycles. The second-order valence-corrected chi connectivity index (χ2v) is 9.92. The van der Waals surface area contributed by atoms with Gasteiger partial charge in [0.1, 0.15) is 23.9 Å². The first kappa shape index (κ1) is 31.8. The summed E-state index contributed by atoms with van der Waals surface area (Å²) in [6.45, 7) is 3.78. The van der Waals surface area contributed by atoms with Crippen LogP contribution >= 0.6 is 0 Å². The normalized spacial score (nSPS) is 13.9. The third-order valence-corrected chi connectivity index (χ3v) is 5.98. The van der Waals surface area contributed by atoms with E-state index in [-0.39, 0.29) is 24.5 Å². The molecule has 0 bridgehead atoms. The van der Waals surface area contributed by atoms with Crippen LogP contribution in [0.2, 0.25) is 0 Å². The molecule has 12 heteroatoms. The molecule has 4 unspecified atom stereocenters. The smallest absolute Gasteiger partial charge is 0.326 e. The standard InChI is InChI=1S/C28H36N4O8/c1-16(2)12-20(29)25(36)30-21(13-17-6-4-3-5-7-17)26(37)31-22(15-24(34)35)27(38)32-23(28(39)40)14-18-8-10-19(33)11-9-18/h3-11,16,20-23,33H,12-15,29H2,1-2H3,(H,30,36)(H,31,37)(H,32,38)(H,34,35)(H,39,40). The van der Waals surface area contributed by atoms with Crippen LogP contribution in [-0.4, -0.2) is 69.1 Å². The first-order chi connectivity index (χ1) is 18.8. The van der Waals surface area contributed by atoms with E-state index >= 15 is 0 Å². The topological polar surface area (TPSA) is 208 Å². The van der Waals surface area contributed by atoms with E-state index in [0.29, 0.717) is 17.5 Å². The number of aromatic hydroxyl groups is 1. The van der Waals surface area contributed by atoms with Crippen LogP contribution in [0.5, 0.6) is 5.75 Å². The lowest BCUT2D eigenvalue weighted by molar-refractivity contribution is -0.143. The van der Waals surface area contributed by atoms with E-state index in [1.165, 1.54) is 24.3 Å². The lowest BCUT2D eigenvalue weighted by atomic mass is 10.0. The summed E-state index contributed by atoms with van der Waals surface area (Å²) in [6, 6.07) is 9.27. The Bertz CT molecular complexity index is 1170. The molecule has 0 spiro atoms. The average Bonchev–Trinajstić information content (AvgIpc) is 2.88. The van der Waals surface area contributed by atoms with Crippen molar-refractivity contribution < 1.29 is 39.3 Å². The van der Waals surface area contributed by atoms with Crippen LogP contribution < -0.4 is 21.7 Å². The van der Waals surface area contributed by atoms with Gasteiger partial charge in [0, 0.05) is 12.8 Å². The summed E-state index contributed by atoms with van der Waals surface area (Å²) in [5.41, 5.74) is 7.16. The summed E-state index contributed by atoms with van der Waals surface area (Å²) in [4.78, 5) is 62.3. The molecule has 2 aromatic carbocycles. The Balaban J connectivity index is 2.22. The predicted molar refractivity (Wildman–Crippen MR) is 145 cm³/mol. The first-order valence-electron chi connectivity index (χ1n) is 12.8. The molecule has 4 atom stereocenters. The molecule has 0 aliphatic rings. The van der Waals surface area contributed by atoms with Gasteiger partial charge in [-0.05, 0) is 35.6 Å². The molecule has 0 fully saturated rings. The van der Waals surface area contributed by atoms with Gasteiger partial charge in [0.2, 0.25) is 17.7 Å². The van der Waals surface area contributed by atoms with E-state index in [2.05, 4.69) is 16.0 Å². The number of phenolic OH excluding ortho intramolecular Hbond substituents is 1. The highest BCUT2D eigenvalue weighted by Gasteiger charge is 2.32. The Morgan fingerprint density at radius 2 is 1.23 bits per heavy atom. The van der Waals surface area contributed by atoms with Crippen molar-refractivity contribution in [3.63, 3.8) is 0 Å². The number of nitrogens with two attached hydrogens (primary N) is 1. The van der Waals surface area contributed by atoms with Gasteiger partial charge in [-0.2, -0.15) is 0 Å². The van der Waals surface area contributed by atoms with Crippen molar-refractivity contribution in [2.45, 2.75) is 63.7 Å². The minimum Gasteiger partial charge on any atom is -0.508 e. The molecule has 2 aromatic rings. The summed E-state index contributed by atoms with van der Waals surface area (Å²) in [6.07, 6.45) is -0.586. The van der Waals surface area contributed by atoms with Gasteiger partial charge in [0.25, 0.3) is 0 Å². The number of nitrogens with one attached hydrogen (secondary N) is 3. The molecule has 0 saturated heterocycles. The molecule has 12 nitrogen and oxygen atoms in total. The Morgan fingerprint density at radius 1 is 0.725 bits per heavy atom. The fourth-order valence-corrected chi connectivity index (χ4v) is 3.95. The fourth-order valence-electron chi connectivity index (χ4n) is 3.95. The van der Waals surface area contributed by atoms with Gasteiger partial charge in [-0.1, -0.05) is 56.3 Å². The number of carbonyl (C=O) groups excluding carboxylic acids is 3. The molecular weight excluding hydrogens is 520 g/mol. The molecule has 0 radical (unpaired) electrons. The zero-order chi connectivity index (χ0) is 29.8. The maximum absolute atomic E-state index is 13.3. The van der Waals surface area contributed by atoms with Crippen LogP contribution in [0.3, 0.4) is 0 Å². The second kappa shape index (κ2) is 15.2. The minimum atomic E-state index is -1.63. The van der Waals surface area contributed by atoms with E-state index in [0.717, 1.165) is 0 Å². The predicted octanol–water partition coefficient (Wildman–Crippen LogP) is 0.565. The number of hydrogen-bond acceptors (Lipinski definition) is 7. The maximum Gasteiger partial charge on any atom is 0.326 e. The molecule has 0 aliphatic heterocycles. The molecule has 8 N–H and O–H groups in total. The number of amides is 3. The van der Waals surface area contributed by atoms with Crippen molar-refractivity contribution in [3.05, 3.63) is 65.7 Å². The number of aliphatic carboxylic acids is 2. The van der Waals surface area contributed by atoms with Crippen LogP contribution in [0.15, 0.2) is 54.6 Å². The molecule has 40 heavy (non-hydrogen) atoms. The maximum atomic E-state index is 13.3. The zero-order valence-corrected chi connectivity index (χ0v) is 22.4. The van der Waals surface area contributed by atoms with E-state index in [9.17, 15) is 39.3 Å². The number of rotatable bonds is 15. The fraction of sp³-hybridized carbons (Fsp3) is 0.393. The molecule has 2 rings (SSSR count). The molecule has 3 amide bonds. The number of phenols is 1. The van der Waals surface area contributed by atoms with E-state index in [4.69, 9.17) is 5.73 Å². The third-order valence-electron chi connectivity index (χ3n) is 5.98. The minimum absolute atomic E-state index is 0.0220. The Hall–Kier alpha value is -4.45. The average molecular weight is 557 g/mol. The second-order valence-electron chi connectivity index (χ2n) is 9.92. The van der Waals surface area contributed by atoms with Crippen molar-refractivity contribution in [3.8, 4) is 5.75 Å². The van der Waals surface area contributed by atoms with Gasteiger partial charge in [0.05, 0.1) is 12.5 Å². The van der Waals surface area contributed by atoms with Crippen LogP contribution in [0.1, 0.15) is 37.8 Å². The van der Waals surface area contributed by atoms with Crippen molar-refractivity contribution in [1.82, 2.24) is 16.0 Å². The number of carboxylic acids is 2. The van der Waals surface area contributed by atoms with Crippen molar-refractivity contribution in [2.24, 2.45) is 11.7 Å². The van der Waals surface area contributed by atoms with Crippen LogP contribution in [0, 0.1) is 5.92 Å². The molecular formula is C28H36N4O8. The van der Waals surface area contributed by atoms with Gasteiger partial charge in [0.15, 0.2) is 0 Å². The number of carboxylic acid groups (broad SMARTS) is 2. The summed E-state index contributed by atoms with van der Waals surface area (Å²) in [7, 11) is 0. The summed E-state index contributed by atoms with van der Waals surface area (Å²) >= 11 is 0. The number of carbonyl (C=O) groups is 5. The molecule has 0 saturated carbocycles. The van der Waals surface area contributed by atoms with Crippen LogP contribution in [0.25, 0.3) is 0 Å². The third kappa shape index (κ3) is 10.7. The van der Waals surface area contributed by atoms with E-state index in [1.54, 1.807) is 30.3 Å². The highest BCUT2D eigenvalue weighted by Crippen LogP contribution is 2.12. The zero-order valence-electron chi connectivity index (χ0n) is 22.4.